The summed E-state index contributed by atoms with van der Waals surface area (Å²) in [5, 5.41) is 3.77. The first-order valence-electron chi connectivity index (χ1n) is 11.3. The number of carbonyl (C=O) groups is 1. The summed E-state index contributed by atoms with van der Waals surface area (Å²) in [6, 6.07) is 17.5. The summed E-state index contributed by atoms with van der Waals surface area (Å²) < 4.78 is 12.9. The van der Waals surface area contributed by atoms with Gasteiger partial charge in [0.15, 0.2) is 0 Å². The lowest BCUT2D eigenvalue weighted by molar-refractivity contribution is 0.0374. The van der Waals surface area contributed by atoms with Crippen LogP contribution in [0.5, 0.6) is 5.75 Å². The van der Waals surface area contributed by atoms with Gasteiger partial charge in [0.25, 0.3) is 5.91 Å². The maximum atomic E-state index is 13.1. The van der Waals surface area contributed by atoms with Gasteiger partial charge in [0.05, 0.1) is 31.6 Å². The Morgan fingerprint density at radius 1 is 1.12 bits per heavy atom. The number of aromatic nitrogens is 1. The van der Waals surface area contributed by atoms with E-state index in [1.54, 1.807) is 7.11 Å². The molecule has 0 atom stereocenters. The van der Waals surface area contributed by atoms with Crippen LogP contribution < -0.4 is 10.1 Å². The molecule has 0 unspecified atom stereocenters. The monoisotopic (exact) mass is 467 g/mol. The summed E-state index contributed by atoms with van der Waals surface area (Å²) in [7, 11) is 1.65. The van der Waals surface area contributed by atoms with Crippen LogP contribution in [0, 0.1) is 6.92 Å². The van der Waals surface area contributed by atoms with Crippen molar-refractivity contribution >= 4 is 17.5 Å². The lowest BCUT2D eigenvalue weighted by atomic mass is 10.1. The van der Waals surface area contributed by atoms with Gasteiger partial charge >= 0.3 is 0 Å². The SMILES string of the molecule is COc1cccc(-n2c(-c3ccc(Cl)cc3)cc(C(=O)NCCCN3CCOCC3)c2C)c1. The van der Waals surface area contributed by atoms with Crippen molar-refractivity contribution < 1.29 is 14.3 Å². The third-order valence-electron chi connectivity index (χ3n) is 5.98. The minimum absolute atomic E-state index is 0.0636. The number of nitrogens with zero attached hydrogens (tertiary/aromatic N) is 2. The Kier molecular flexibility index (Phi) is 7.70. The first-order valence-corrected chi connectivity index (χ1v) is 11.7. The first kappa shape index (κ1) is 23.4. The quantitative estimate of drug-likeness (QED) is 0.493. The van der Waals surface area contributed by atoms with Gasteiger partial charge < -0.3 is 19.4 Å². The minimum atomic E-state index is -0.0636. The predicted octanol–water partition coefficient (Wildman–Crippen LogP) is 4.57. The third-order valence-corrected chi connectivity index (χ3v) is 6.24. The zero-order chi connectivity index (χ0) is 23.2. The molecule has 2 heterocycles. The topological polar surface area (TPSA) is 55.7 Å². The molecule has 1 aromatic heterocycles. The van der Waals surface area contributed by atoms with Crippen molar-refractivity contribution in [2.24, 2.45) is 0 Å². The zero-order valence-electron chi connectivity index (χ0n) is 19.1. The minimum Gasteiger partial charge on any atom is -0.497 e. The predicted molar refractivity (Wildman–Crippen MR) is 132 cm³/mol. The van der Waals surface area contributed by atoms with Gasteiger partial charge in [-0.3, -0.25) is 9.69 Å². The number of ether oxygens (including phenoxy) is 2. The summed E-state index contributed by atoms with van der Waals surface area (Å²) in [6.07, 6.45) is 0.908. The number of carbonyl (C=O) groups excluding carboxylic acids is 1. The number of benzene rings is 2. The van der Waals surface area contributed by atoms with E-state index in [2.05, 4.69) is 14.8 Å². The molecule has 7 heteroatoms. The van der Waals surface area contributed by atoms with Crippen LogP contribution in [-0.2, 0) is 4.74 Å². The third kappa shape index (κ3) is 5.58. The molecular formula is C26H30ClN3O3. The van der Waals surface area contributed by atoms with Crippen molar-refractivity contribution in [2.75, 3.05) is 46.5 Å². The average Bonchev–Trinajstić information content (AvgIpc) is 3.20. The fraction of sp³-hybridized carbons (Fsp3) is 0.346. The molecule has 0 bridgehead atoms. The number of morpholine rings is 1. The fourth-order valence-corrected chi connectivity index (χ4v) is 4.30. The van der Waals surface area contributed by atoms with Gasteiger partial charge in [0, 0.05) is 42.1 Å². The van der Waals surface area contributed by atoms with Crippen LogP contribution in [0.1, 0.15) is 22.5 Å². The largest absolute Gasteiger partial charge is 0.497 e. The Morgan fingerprint density at radius 2 is 1.88 bits per heavy atom. The molecule has 1 N–H and O–H groups in total. The second-order valence-corrected chi connectivity index (χ2v) is 8.57. The Morgan fingerprint density at radius 3 is 2.61 bits per heavy atom. The van der Waals surface area contributed by atoms with E-state index in [4.69, 9.17) is 21.1 Å². The molecule has 1 amide bonds. The van der Waals surface area contributed by atoms with Gasteiger partial charge in [-0.15, -0.1) is 0 Å². The molecule has 0 aliphatic carbocycles. The van der Waals surface area contributed by atoms with Gasteiger partial charge in [-0.25, -0.2) is 0 Å². The normalized spacial score (nSPS) is 14.3. The Hall–Kier alpha value is -2.80. The average molecular weight is 468 g/mol. The molecule has 174 valence electrons. The van der Waals surface area contributed by atoms with Gasteiger partial charge in [-0.1, -0.05) is 29.8 Å². The second kappa shape index (κ2) is 10.9. The maximum Gasteiger partial charge on any atom is 0.253 e. The van der Waals surface area contributed by atoms with Gasteiger partial charge in [-0.2, -0.15) is 0 Å². The number of hydrogen-bond acceptors (Lipinski definition) is 4. The number of hydrogen-bond donors (Lipinski definition) is 1. The highest BCUT2D eigenvalue weighted by molar-refractivity contribution is 6.30. The summed E-state index contributed by atoms with van der Waals surface area (Å²) in [5.41, 5.74) is 4.38. The molecule has 0 spiro atoms. The van der Waals surface area contributed by atoms with Crippen molar-refractivity contribution in [1.29, 1.82) is 0 Å². The molecule has 3 aromatic rings. The fourth-order valence-electron chi connectivity index (χ4n) is 4.18. The standard InChI is InChI=1S/C26H30ClN3O3/c1-19-24(26(31)28-11-4-12-29-13-15-33-16-14-29)18-25(20-7-9-21(27)10-8-20)30(19)22-5-3-6-23(17-22)32-2/h3,5-10,17-18H,4,11-16H2,1-2H3,(H,28,31). The van der Waals surface area contributed by atoms with E-state index in [9.17, 15) is 4.79 Å². The van der Waals surface area contributed by atoms with Gasteiger partial charge in [0.1, 0.15) is 5.75 Å². The molecule has 1 fully saturated rings. The molecular weight excluding hydrogens is 438 g/mol. The van der Waals surface area contributed by atoms with E-state index in [-0.39, 0.29) is 5.91 Å². The van der Waals surface area contributed by atoms with E-state index in [1.807, 2.05) is 61.5 Å². The van der Waals surface area contributed by atoms with Crippen LogP contribution in [0.15, 0.2) is 54.6 Å². The van der Waals surface area contributed by atoms with Crippen LogP contribution in [0.25, 0.3) is 16.9 Å². The van der Waals surface area contributed by atoms with Crippen LogP contribution in [0.3, 0.4) is 0 Å². The smallest absolute Gasteiger partial charge is 0.253 e. The van der Waals surface area contributed by atoms with Crippen LogP contribution >= 0.6 is 11.6 Å². The van der Waals surface area contributed by atoms with Crippen molar-refractivity contribution in [3.8, 4) is 22.7 Å². The van der Waals surface area contributed by atoms with Crippen molar-refractivity contribution in [1.82, 2.24) is 14.8 Å². The van der Waals surface area contributed by atoms with E-state index >= 15 is 0 Å². The number of rotatable bonds is 8. The summed E-state index contributed by atoms with van der Waals surface area (Å²) >= 11 is 6.11. The number of amides is 1. The highest BCUT2D eigenvalue weighted by atomic mass is 35.5. The summed E-state index contributed by atoms with van der Waals surface area (Å²) in [6.45, 7) is 7.07. The molecule has 1 aliphatic heterocycles. The molecule has 2 aromatic carbocycles. The maximum absolute atomic E-state index is 13.1. The zero-order valence-corrected chi connectivity index (χ0v) is 19.9. The van der Waals surface area contributed by atoms with E-state index in [1.165, 1.54) is 0 Å². The van der Waals surface area contributed by atoms with Crippen molar-refractivity contribution in [3.05, 3.63) is 70.9 Å². The highest BCUT2D eigenvalue weighted by Crippen LogP contribution is 2.31. The van der Waals surface area contributed by atoms with E-state index in [0.29, 0.717) is 17.1 Å². The molecule has 33 heavy (non-hydrogen) atoms. The Balaban J connectivity index is 1.57. The molecule has 0 radical (unpaired) electrons. The number of methoxy groups -OCH3 is 1. The van der Waals surface area contributed by atoms with Gasteiger partial charge in [0.2, 0.25) is 0 Å². The number of halogens is 1. The van der Waals surface area contributed by atoms with E-state index < -0.39 is 0 Å². The first-order chi connectivity index (χ1) is 16.1. The number of nitrogens with one attached hydrogen (secondary N) is 1. The summed E-state index contributed by atoms with van der Waals surface area (Å²) in [5.74, 6) is 0.697. The van der Waals surface area contributed by atoms with Crippen molar-refractivity contribution in [2.45, 2.75) is 13.3 Å². The van der Waals surface area contributed by atoms with Crippen LogP contribution in [0.4, 0.5) is 0 Å². The summed E-state index contributed by atoms with van der Waals surface area (Å²) in [4.78, 5) is 15.5. The second-order valence-electron chi connectivity index (χ2n) is 8.14. The van der Waals surface area contributed by atoms with Crippen molar-refractivity contribution in [3.63, 3.8) is 0 Å². The Bertz CT molecular complexity index is 1090. The van der Waals surface area contributed by atoms with Gasteiger partial charge in [-0.05, 0) is 55.8 Å². The highest BCUT2D eigenvalue weighted by Gasteiger charge is 2.20. The lowest BCUT2D eigenvalue weighted by Crippen LogP contribution is -2.38. The molecule has 0 saturated carbocycles. The molecule has 1 saturated heterocycles. The van der Waals surface area contributed by atoms with Crippen LogP contribution in [0.2, 0.25) is 5.02 Å². The molecule has 6 nitrogen and oxygen atoms in total. The van der Waals surface area contributed by atoms with E-state index in [0.717, 1.165) is 67.7 Å². The molecule has 4 rings (SSSR count). The van der Waals surface area contributed by atoms with Crippen LogP contribution in [-0.4, -0.2) is 61.9 Å². The lowest BCUT2D eigenvalue weighted by Gasteiger charge is -2.26. The Labute approximate surface area is 200 Å². The molecule has 1 aliphatic rings.